The number of carboxylic acid groups (broad SMARTS) is 1. The van der Waals surface area contributed by atoms with E-state index in [2.05, 4.69) is 5.32 Å². The maximum atomic E-state index is 11.9. The fraction of sp³-hybridized carbons (Fsp3) is 0.667. The Bertz CT molecular complexity index is 440. The zero-order valence-corrected chi connectivity index (χ0v) is 11.6. The third-order valence-electron chi connectivity index (χ3n) is 2.52. The Kier molecular flexibility index (Phi) is 4.69. The maximum Gasteiger partial charge on any atom is 0.417 e. The van der Waals surface area contributed by atoms with Gasteiger partial charge in [-0.2, -0.15) is 0 Å². The van der Waals surface area contributed by atoms with Crippen LogP contribution >= 0.6 is 0 Å². The zero-order chi connectivity index (χ0) is 15.5. The van der Waals surface area contributed by atoms with Crippen molar-refractivity contribution in [3.8, 4) is 0 Å². The van der Waals surface area contributed by atoms with Gasteiger partial charge in [-0.15, -0.1) is 0 Å². The molecule has 1 rings (SSSR count). The second-order valence-electron chi connectivity index (χ2n) is 5.41. The lowest BCUT2D eigenvalue weighted by atomic mass is 10.2. The van der Waals surface area contributed by atoms with Gasteiger partial charge in [0.05, 0.1) is 0 Å². The molecule has 1 aliphatic heterocycles. The molecule has 0 spiro atoms. The van der Waals surface area contributed by atoms with Gasteiger partial charge in [-0.3, -0.25) is 14.4 Å². The van der Waals surface area contributed by atoms with Gasteiger partial charge in [0, 0.05) is 6.42 Å². The number of imide groups is 1. The molecule has 0 aromatic heterocycles. The molecule has 1 atom stereocenters. The van der Waals surface area contributed by atoms with Crippen molar-refractivity contribution in [2.75, 3.05) is 6.54 Å². The van der Waals surface area contributed by atoms with E-state index >= 15 is 0 Å². The molecular formula is C12H18N2O6. The van der Waals surface area contributed by atoms with Gasteiger partial charge >= 0.3 is 12.1 Å². The number of carbonyl (C=O) groups is 4. The quantitative estimate of drug-likeness (QED) is 0.761. The first-order valence-electron chi connectivity index (χ1n) is 6.16. The summed E-state index contributed by atoms with van der Waals surface area (Å²) in [5, 5.41) is 10.7. The summed E-state index contributed by atoms with van der Waals surface area (Å²) in [5.41, 5.74) is -0.790. The molecule has 1 aliphatic rings. The smallest absolute Gasteiger partial charge is 0.417 e. The lowest BCUT2D eigenvalue weighted by molar-refractivity contribution is -0.139. The Morgan fingerprint density at radius 3 is 2.50 bits per heavy atom. The highest BCUT2D eigenvalue weighted by molar-refractivity contribution is 6.01. The van der Waals surface area contributed by atoms with Crippen LogP contribution in [0.2, 0.25) is 0 Å². The fourth-order valence-electron chi connectivity index (χ4n) is 1.75. The van der Waals surface area contributed by atoms with E-state index in [1.807, 2.05) is 0 Å². The van der Waals surface area contributed by atoms with Gasteiger partial charge in [-0.1, -0.05) is 0 Å². The number of rotatable bonds is 3. The molecule has 1 saturated heterocycles. The minimum absolute atomic E-state index is 0.0460. The van der Waals surface area contributed by atoms with Crippen molar-refractivity contribution in [2.24, 2.45) is 0 Å². The minimum Gasteiger partial charge on any atom is -0.480 e. The summed E-state index contributed by atoms with van der Waals surface area (Å²) in [5.74, 6) is -2.38. The van der Waals surface area contributed by atoms with E-state index in [1.54, 1.807) is 20.8 Å². The number of ether oxygens (including phenoxy) is 1. The summed E-state index contributed by atoms with van der Waals surface area (Å²) in [6.07, 6.45) is -0.691. The van der Waals surface area contributed by atoms with Crippen LogP contribution in [0, 0.1) is 0 Å². The van der Waals surface area contributed by atoms with Crippen molar-refractivity contribution < 1.29 is 29.0 Å². The third kappa shape index (κ3) is 4.22. The standard InChI is InChI=1S/C12H18N2O6/c1-12(2,3)20-11(19)14-7(4-5-8(14)15)10(18)13-6-9(16)17/h7H,4-6H2,1-3H3,(H,13,18)(H,16,17)/t7-/m0/s1. The van der Waals surface area contributed by atoms with E-state index in [1.165, 1.54) is 0 Å². The molecule has 0 aromatic carbocycles. The zero-order valence-electron chi connectivity index (χ0n) is 11.6. The van der Waals surface area contributed by atoms with Gasteiger partial charge in [0.1, 0.15) is 18.2 Å². The molecule has 1 fully saturated rings. The van der Waals surface area contributed by atoms with E-state index in [4.69, 9.17) is 9.84 Å². The second kappa shape index (κ2) is 5.89. The highest BCUT2D eigenvalue weighted by atomic mass is 16.6. The molecule has 0 unspecified atom stereocenters. The Balaban J connectivity index is 2.75. The Labute approximate surface area is 116 Å². The summed E-state index contributed by atoms with van der Waals surface area (Å²) in [4.78, 5) is 46.5. The SMILES string of the molecule is CC(C)(C)OC(=O)N1C(=O)CC[C@H]1C(=O)NCC(=O)O. The molecule has 0 bridgehead atoms. The molecule has 112 valence electrons. The molecule has 0 radical (unpaired) electrons. The van der Waals surface area contributed by atoms with Crippen molar-refractivity contribution in [1.82, 2.24) is 10.2 Å². The van der Waals surface area contributed by atoms with Crippen LogP contribution < -0.4 is 5.32 Å². The highest BCUT2D eigenvalue weighted by Crippen LogP contribution is 2.22. The van der Waals surface area contributed by atoms with Crippen LogP contribution in [0.5, 0.6) is 0 Å². The molecule has 1 heterocycles. The molecule has 8 nitrogen and oxygen atoms in total. The number of aliphatic carboxylic acids is 1. The molecule has 2 N–H and O–H groups in total. The average Bonchev–Trinajstić information content (AvgIpc) is 2.65. The number of nitrogens with one attached hydrogen (secondary N) is 1. The Morgan fingerprint density at radius 2 is 2.00 bits per heavy atom. The summed E-state index contributed by atoms with van der Waals surface area (Å²) in [7, 11) is 0. The monoisotopic (exact) mass is 286 g/mol. The predicted molar refractivity (Wildman–Crippen MR) is 66.7 cm³/mol. The van der Waals surface area contributed by atoms with Crippen LogP contribution in [0.4, 0.5) is 4.79 Å². The van der Waals surface area contributed by atoms with Gasteiger partial charge in [0.2, 0.25) is 11.8 Å². The van der Waals surface area contributed by atoms with E-state index in [9.17, 15) is 19.2 Å². The maximum absolute atomic E-state index is 11.9. The molecule has 3 amide bonds. The van der Waals surface area contributed by atoms with Crippen LogP contribution in [-0.2, 0) is 19.1 Å². The summed E-state index contributed by atoms with van der Waals surface area (Å²) in [6, 6.07) is -1.02. The number of carboxylic acids is 1. The first-order chi connectivity index (χ1) is 9.11. The van der Waals surface area contributed by atoms with Crippen LogP contribution in [-0.4, -0.2) is 52.1 Å². The fourth-order valence-corrected chi connectivity index (χ4v) is 1.75. The summed E-state index contributed by atoms with van der Waals surface area (Å²) < 4.78 is 5.07. The molecular weight excluding hydrogens is 268 g/mol. The van der Waals surface area contributed by atoms with Gasteiger partial charge in [-0.25, -0.2) is 9.69 Å². The van der Waals surface area contributed by atoms with Crippen LogP contribution in [0.25, 0.3) is 0 Å². The van der Waals surface area contributed by atoms with Gasteiger partial charge in [-0.05, 0) is 27.2 Å². The molecule has 0 aliphatic carbocycles. The number of amides is 3. The number of likely N-dealkylation sites (tertiary alicyclic amines) is 1. The van der Waals surface area contributed by atoms with Crippen molar-refractivity contribution >= 4 is 23.9 Å². The van der Waals surface area contributed by atoms with Crippen molar-refractivity contribution in [3.63, 3.8) is 0 Å². The first kappa shape index (κ1) is 15.9. The average molecular weight is 286 g/mol. The molecule has 20 heavy (non-hydrogen) atoms. The highest BCUT2D eigenvalue weighted by Gasteiger charge is 2.42. The van der Waals surface area contributed by atoms with Crippen molar-refractivity contribution in [1.29, 1.82) is 0 Å². The number of carbonyl (C=O) groups excluding carboxylic acids is 3. The lowest BCUT2D eigenvalue weighted by Gasteiger charge is -2.26. The van der Waals surface area contributed by atoms with Gasteiger partial charge in [0.15, 0.2) is 0 Å². The lowest BCUT2D eigenvalue weighted by Crippen LogP contribution is -2.49. The van der Waals surface area contributed by atoms with Gasteiger partial charge in [0.25, 0.3) is 0 Å². The topological polar surface area (TPSA) is 113 Å². The van der Waals surface area contributed by atoms with Crippen molar-refractivity contribution in [3.05, 3.63) is 0 Å². The van der Waals surface area contributed by atoms with E-state index < -0.39 is 42.1 Å². The Hall–Kier alpha value is -2.12. The summed E-state index contributed by atoms with van der Waals surface area (Å²) in [6.45, 7) is 4.37. The normalized spacial score (nSPS) is 18.9. The number of nitrogens with zero attached hydrogens (tertiary/aromatic N) is 1. The van der Waals surface area contributed by atoms with Crippen LogP contribution in [0.3, 0.4) is 0 Å². The molecule has 0 aromatic rings. The van der Waals surface area contributed by atoms with Crippen molar-refractivity contribution in [2.45, 2.75) is 45.3 Å². The molecule has 8 heteroatoms. The van der Waals surface area contributed by atoms with Crippen LogP contribution in [0.15, 0.2) is 0 Å². The predicted octanol–water partition coefficient (Wildman–Crippen LogP) is 0.113. The molecule has 0 saturated carbocycles. The minimum atomic E-state index is -1.20. The largest absolute Gasteiger partial charge is 0.480 e. The van der Waals surface area contributed by atoms with E-state index in [0.717, 1.165) is 4.90 Å². The Morgan fingerprint density at radius 1 is 1.40 bits per heavy atom. The van der Waals surface area contributed by atoms with Gasteiger partial charge < -0.3 is 15.2 Å². The second-order valence-corrected chi connectivity index (χ2v) is 5.41. The first-order valence-corrected chi connectivity index (χ1v) is 6.16. The van der Waals surface area contributed by atoms with E-state index in [0.29, 0.717) is 0 Å². The summed E-state index contributed by atoms with van der Waals surface area (Å²) >= 11 is 0. The van der Waals surface area contributed by atoms with Crippen LogP contribution in [0.1, 0.15) is 33.6 Å². The number of hydrogen-bond donors (Lipinski definition) is 2. The third-order valence-corrected chi connectivity index (χ3v) is 2.52. The number of hydrogen-bond acceptors (Lipinski definition) is 5. The van der Waals surface area contributed by atoms with E-state index in [-0.39, 0.29) is 12.8 Å².